The van der Waals surface area contributed by atoms with Crippen LogP contribution in [0.3, 0.4) is 0 Å². The molecule has 124 valence electrons. The molecule has 0 bridgehead atoms. The van der Waals surface area contributed by atoms with Gasteiger partial charge >= 0.3 is 5.97 Å². The van der Waals surface area contributed by atoms with Crippen LogP contribution in [0.4, 0.5) is 8.78 Å². The highest BCUT2D eigenvalue weighted by Crippen LogP contribution is 2.27. The molecule has 3 atom stereocenters. The monoisotopic (exact) mass is 316 g/mol. The number of nitrogens with two attached hydrogens (primary N) is 2. The summed E-state index contributed by atoms with van der Waals surface area (Å²) in [6.07, 6.45) is -2.23. The number of benzene rings is 1. The van der Waals surface area contributed by atoms with E-state index in [1.165, 1.54) is 0 Å². The van der Waals surface area contributed by atoms with Crippen LogP contribution in [0.1, 0.15) is 19.4 Å². The summed E-state index contributed by atoms with van der Waals surface area (Å²) in [7, 11) is 0. The molecule has 0 aromatic heterocycles. The summed E-state index contributed by atoms with van der Waals surface area (Å²) in [5, 5.41) is 9.66. The minimum absolute atomic E-state index is 0.171. The number of carbonyl (C=O) groups is 1. The second-order valence-electron chi connectivity index (χ2n) is 5.51. The molecule has 1 aromatic carbocycles. The predicted octanol–water partition coefficient (Wildman–Crippen LogP) is 1.04. The van der Waals surface area contributed by atoms with Crippen molar-refractivity contribution in [3.05, 3.63) is 35.9 Å². The molecular weight excluding hydrogens is 294 g/mol. The number of carbonyl (C=O) groups excluding carboxylic acids is 1. The van der Waals surface area contributed by atoms with Crippen LogP contribution in [0.25, 0.3) is 0 Å². The molecule has 7 heteroatoms. The van der Waals surface area contributed by atoms with Gasteiger partial charge in [0.2, 0.25) is 0 Å². The molecule has 1 rings (SSSR count). The molecule has 0 radical (unpaired) electrons. The average molecular weight is 316 g/mol. The minimum Gasteiger partial charge on any atom is -0.459 e. The first-order valence-corrected chi connectivity index (χ1v) is 6.95. The minimum atomic E-state index is -3.88. The molecule has 0 saturated carbocycles. The number of ether oxygens (including phenoxy) is 1. The van der Waals surface area contributed by atoms with Crippen molar-refractivity contribution >= 4 is 5.97 Å². The summed E-state index contributed by atoms with van der Waals surface area (Å²) >= 11 is 0. The van der Waals surface area contributed by atoms with Crippen molar-refractivity contribution in [2.75, 3.05) is 0 Å². The Bertz CT molecular complexity index is 483. The van der Waals surface area contributed by atoms with Crippen molar-refractivity contribution < 1.29 is 23.4 Å². The van der Waals surface area contributed by atoms with Gasteiger partial charge in [-0.15, -0.1) is 0 Å². The van der Waals surface area contributed by atoms with Gasteiger partial charge in [0.15, 0.2) is 6.04 Å². The fraction of sp³-hybridized carbons (Fsp3) is 0.533. The third-order valence-corrected chi connectivity index (χ3v) is 3.42. The van der Waals surface area contributed by atoms with Gasteiger partial charge in [-0.3, -0.25) is 4.79 Å². The molecule has 0 saturated heterocycles. The van der Waals surface area contributed by atoms with Crippen molar-refractivity contribution in [3.8, 4) is 0 Å². The quantitative estimate of drug-likeness (QED) is 0.653. The van der Waals surface area contributed by atoms with Crippen molar-refractivity contribution in [3.63, 3.8) is 0 Å². The highest BCUT2D eigenvalue weighted by molar-refractivity contribution is 5.77. The van der Waals surface area contributed by atoms with Crippen LogP contribution < -0.4 is 11.5 Å². The third kappa shape index (κ3) is 4.46. The largest absolute Gasteiger partial charge is 0.459 e. The van der Waals surface area contributed by atoms with Gasteiger partial charge in [-0.1, -0.05) is 44.2 Å². The summed E-state index contributed by atoms with van der Waals surface area (Å²) in [6, 6.07) is 5.10. The Morgan fingerprint density at radius 2 is 1.82 bits per heavy atom. The van der Waals surface area contributed by atoms with Gasteiger partial charge < -0.3 is 21.3 Å². The van der Waals surface area contributed by atoms with E-state index in [9.17, 15) is 18.7 Å². The van der Waals surface area contributed by atoms with Gasteiger partial charge in [-0.25, -0.2) is 8.78 Å². The summed E-state index contributed by atoms with van der Waals surface area (Å²) in [5.41, 5.74) is 11.4. The number of alkyl halides is 2. The molecule has 22 heavy (non-hydrogen) atoms. The summed E-state index contributed by atoms with van der Waals surface area (Å²) in [5.74, 6) is -5.56. The SMILES string of the molecule is CC(C)C(N)C(O)C(F)(F)C(N)C(=O)OCc1ccccc1. The third-order valence-electron chi connectivity index (χ3n) is 3.42. The second-order valence-corrected chi connectivity index (χ2v) is 5.51. The van der Waals surface area contributed by atoms with Gasteiger partial charge in [-0.05, 0) is 11.5 Å². The van der Waals surface area contributed by atoms with E-state index in [0.29, 0.717) is 5.56 Å². The van der Waals surface area contributed by atoms with Gasteiger partial charge in [0.1, 0.15) is 12.7 Å². The zero-order valence-corrected chi connectivity index (χ0v) is 12.6. The molecule has 5 nitrogen and oxygen atoms in total. The van der Waals surface area contributed by atoms with Gasteiger partial charge in [-0.2, -0.15) is 0 Å². The number of hydrogen-bond acceptors (Lipinski definition) is 5. The fourth-order valence-electron chi connectivity index (χ4n) is 1.78. The van der Waals surface area contributed by atoms with Crippen LogP contribution in [0.5, 0.6) is 0 Å². The molecule has 0 fully saturated rings. The smallest absolute Gasteiger partial charge is 0.329 e. The first kappa shape index (κ1) is 18.5. The van der Waals surface area contributed by atoms with E-state index >= 15 is 0 Å². The highest BCUT2D eigenvalue weighted by atomic mass is 19.3. The number of halogens is 2. The van der Waals surface area contributed by atoms with Gasteiger partial charge in [0.25, 0.3) is 5.92 Å². The zero-order chi connectivity index (χ0) is 16.9. The number of rotatable bonds is 7. The molecular formula is C15H22F2N2O3. The van der Waals surface area contributed by atoms with Crippen LogP contribution in [-0.2, 0) is 16.1 Å². The molecule has 0 aliphatic rings. The van der Waals surface area contributed by atoms with E-state index in [0.717, 1.165) is 0 Å². The zero-order valence-electron chi connectivity index (χ0n) is 12.6. The average Bonchev–Trinajstić information content (AvgIpc) is 2.51. The van der Waals surface area contributed by atoms with Crippen molar-refractivity contribution in [1.29, 1.82) is 0 Å². The topological polar surface area (TPSA) is 98.6 Å². The van der Waals surface area contributed by atoms with Crippen molar-refractivity contribution in [2.45, 2.75) is 44.6 Å². The number of aliphatic hydroxyl groups is 1. The Hall–Kier alpha value is -1.57. The lowest BCUT2D eigenvalue weighted by atomic mass is 9.92. The summed E-state index contributed by atoms with van der Waals surface area (Å²) in [6.45, 7) is 3.00. The second kappa shape index (κ2) is 7.62. The molecule has 0 amide bonds. The van der Waals surface area contributed by atoms with E-state index in [1.807, 2.05) is 0 Å². The maximum absolute atomic E-state index is 14.0. The van der Waals surface area contributed by atoms with Crippen LogP contribution in [-0.4, -0.2) is 35.2 Å². The first-order chi connectivity index (χ1) is 10.2. The highest BCUT2D eigenvalue weighted by Gasteiger charge is 2.51. The summed E-state index contributed by atoms with van der Waals surface area (Å²) < 4.78 is 32.9. The molecule has 3 unspecified atom stereocenters. The van der Waals surface area contributed by atoms with Crippen molar-refractivity contribution in [1.82, 2.24) is 0 Å². The van der Waals surface area contributed by atoms with E-state index in [1.54, 1.807) is 44.2 Å². The van der Waals surface area contributed by atoms with Crippen LogP contribution in [0.2, 0.25) is 0 Å². The van der Waals surface area contributed by atoms with Crippen LogP contribution in [0.15, 0.2) is 30.3 Å². The molecule has 0 spiro atoms. The number of esters is 1. The van der Waals surface area contributed by atoms with Gasteiger partial charge in [0, 0.05) is 6.04 Å². The lowest BCUT2D eigenvalue weighted by Crippen LogP contribution is -2.60. The lowest BCUT2D eigenvalue weighted by Gasteiger charge is -2.32. The molecule has 0 aliphatic heterocycles. The first-order valence-electron chi connectivity index (χ1n) is 6.95. The number of aliphatic hydroxyl groups excluding tert-OH is 1. The Labute approximate surface area is 128 Å². The maximum atomic E-state index is 14.0. The predicted molar refractivity (Wildman–Crippen MR) is 78.0 cm³/mol. The standard InChI is InChI=1S/C15H22F2N2O3/c1-9(2)11(18)13(20)15(16,17)12(19)14(21)22-8-10-6-4-3-5-7-10/h3-7,9,11-13,20H,8,18-19H2,1-2H3. The number of hydrogen-bond donors (Lipinski definition) is 3. The Morgan fingerprint density at radius 1 is 1.27 bits per heavy atom. The Balaban J connectivity index is 2.67. The van der Waals surface area contributed by atoms with E-state index in [4.69, 9.17) is 16.2 Å². The molecule has 0 aliphatic carbocycles. The Kier molecular flexibility index (Phi) is 6.40. The Morgan fingerprint density at radius 3 is 2.32 bits per heavy atom. The summed E-state index contributed by atoms with van der Waals surface area (Å²) in [4.78, 5) is 11.7. The van der Waals surface area contributed by atoms with Crippen LogP contribution in [0, 0.1) is 5.92 Å². The van der Waals surface area contributed by atoms with E-state index < -0.39 is 36.0 Å². The normalized spacial score (nSPS) is 16.2. The molecule has 0 heterocycles. The van der Waals surface area contributed by atoms with Crippen molar-refractivity contribution in [2.24, 2.45) is 17.4 Å². The molecule has 5 N–H and O–H groups in total. The molecule has 1 aromatic rings. The van der Waals surface area contributed by atoms with Crippen LogP contribution >= 0.6 is 0 Å². The van der Waals surface area contributed by atoms with Gasteiger partial charge in [0.05, 0.1) is 0 Å². The lowest BCUT2D eigenvalue weighted by molar-refractivity contribution is -0.173. The van der Waals surface area contributed by atoms with E-state index in [2.05, 4.69) is 0 Å². The van der Waals surface area contributed by atoms with E-state index in [-0.39, 0.29) is 6.61 Å². The fourth-order valence-corrected chi connectivity index (χ4v) is 1.78. The maximum Gasteiger partial charge on any atom is 0.329 e.